The quantitative estimate of drug-likeness (QED) is 0.576. The van der Waals surface area contributed by atoms with E-state index in [9.17, 15) is 10.1 Å². The fourth-order valence-electron chi connectivity index (χ4n) is 2.33. The highest BCUT2D eigenvalue weighted by Crippen LogP contribution is 2.29. The van der Waals surface area contributed by atoms with Crippen molar-refractivity contribution >= 4 is 11.4 Å². The molecule has 0 spiro atoms. The molecule has 0 bridgehead atoms. The van der Waals surface area contributed by atoms with E-state index in [-0.39, 0.29) is 10.6 Å². The molecule has 0 aliphatic rings. The number of hydrogen-bond donors (Lipinski definition) is 1. The molecule has 6 heteroatoms. The van der Waals surface area contributed by atoms with Gasteiger partial charge in [0.05, 0.1) is 18.6 Å². The van der Waals surface area contributed by atoms with Crippen molar-refractivity contribution in [3.8, 4) is 11.5 Å². The van der Waals surface area contributed by atoms with Crippen LogP contribution in [0.1, 0.15) is 24.5 Å². The molecule has 0 radical (unpaired) electrons. The van der Waals surface area contributed by atoms with Gasteiger partial charge in [0.2, 0.25) is 0 Å². The molecule has 0 aromatic heterocycles. The second kappa shape index (κ2) is 8.19. The Kier molecular flexibility index (Phi) is 6.01. The zero-order chi connectivity index (χ0) is 17.5. The van der Waals surface area contributed by atoms with Gasteiger partial charge in [-0.05, 0) is 43.2 Å². The van der Waals surface area contributed by atoms with Gasteiger partial charge in [-0.1, -0.05) is 13.0 Å². The third-order valence-electron chi connectivity index (χ3n) is 3.58. The third kappa shape index (κ3) is 4.38. The summed E-state index contributed by atoms with van der Waals surface area (Å²) < 4.78 is 11.0. The van der Waals surface area contributed by atoms with Crippen LogP contribution >= 0.6 is 0 Å². The second-order valence-corrected chi connectivity index (χ2v) is 5.45. The Labute approximate surface area is 141 Å². The van der Waals surface area contributed by atoms with Gasteiger partial charge >= 0.3 is 0 Å². The fourth-order valence-corrected chi connectivity index (χ4v) is 2.33. The van der Waals surface area contributed by atoms with Crippen LogP contribution in [0.4, 0.5) is 11.4 Å². The van der Waals surface area contributed by atoms with E-state index in [1.807, 2.05) is 18.2 Å². The first-order chi connectivity index (χ1) is 11.5. The number of anilines is 1. The summed E-state index contributed by atoms with van der Waals surface area (Å²) in [5.74, 6) is 1.43. The highest BCUT2D eigenvalue weighted by molar-refractivity contribution is 5.54. The zero-order valence-electron chi connectivity index (χ0n) is 14.2. The Morgan fingerprint density at radius 3 is 2.58 bits per heavy atom. The molecule has 2 aromatic carbocycles. The average Bonchev–Trinajstić information content (AvgIpc) is 2.58. The number of nitrogens with zero attached hydrogens (tertiary/aromatic N) is 1. The molecule has 0 heterocycles. The minimum atomic E-state index is -0.376. The van der Waals surface area contributed by atoms with Gasteiger partial charge in [0, 0.05) is 23.9 Å². The molecule has 0 atom stereocenters. The maximum Gasteiger partial charge on any atom is 0.272 e. The number of nitro groups is 1. The van der Waals surface area contributed by atoms with Crippen LogP contribution in [-0.2, 0) is 6.54 Å². The van der Waals surface area contributed by atoms with Crippen molar-refractivity contribution in [1.29, 1.82) is 0 Å². The van der Waals surface area contributed by atoms with E-state index >= 15 is 0 Å². The molecule has 0 aliphatic carbocycles. The van der Waals surface area contributed by atoms with E-state index in [2.05, 4.69) is 12.2 Å². The highest BCUT2D eigenvalue weighted by Gasteiger charge is 2.10. The number of hydrogen-bond acceptors (Lipinski definition) is 5. The Balaban J connectivity index is 2.06. The number of nitrogens with one attached hydrogen (secondary N) is 1. The van der Waals surface area contributed by atoms with E-state index < -0.39 is 0 Å². The first-order valence-corrected chi connectivity index (χ1v) is 7.83. The minimum Gasteiger partial charge on any atom is -0.493 e. The van der Waals surface area contributed by atoms with Crippen LogP contribution in [0.15, 0.2) is 36.4 Å². The summed E-state index contributed by atoms with van der Waals surface area (Å²) in [5, 5.41) is 14.1. The maximum atomic E-state index is 10.8. The number of aryl methyl sites for hydroxylation is 1. The van der Waals surface area contributed by atoms with Gasteiger partial charge in [-0.15, -0.1) is 0 Å². The normalized spacial score (nSPS) is 10.3. The summed E-state index contributed by atoms with van der Waals surface area (Å²) in [7, 11) is 1.62. The van der Waals surface area contributed by atoms with Crippen LogP contribution in [0.5, 0.6) is 11.5 Å². The van der Waals surface area contributed by atoms with Crippen molar-refractivity contribution in [1.82, 2.24) is 0 Å². The maximum absolute atomic E-state index is 10.8. The van der Waals surface area contributed by atoms with Gasteiger partial charge in [0.1, 0.15) is 0 Å². The van der Waals surface area contributed by atoms with Crippen LogP contribution in [0.25, 0.3) is 0 Å². The van der Waals surface area contributed by atoms with Crippen LogP contribution in [-0.4, -0.2) is 18.6 Å². The van der Waals surface area contributed by atoms with E-state index in [0.717, 1.165) is 23.4 Å². The van der Waals surface area contributed by atoms with Crippen molar-refractivity contribution in [2.45, 2.75) is 26.8 Å². The molecule has 2 rings (SSSR count). The van der Waals surface area contributed by atoms with Gasteiger partial charge < -0.3 is 14.8 Å². The lowest BCUT2D eigenvalue weighted by Gasteiger charge is -2.13. The van der Waals surface area contributed by atoms with Crippen molar-refractivity contribution in [3.63, 3.8) is 0 Å². The smallest absolute Gasteiger partial charge is 0.272 e. The SMILES string of the molecule is CCCOc1ccc(CNc2ccc([N+](=O)[O-])c(C)c2)cc1OC. The van der Waals surface area contributed by atoms with Crippen LogP contribution in [0, 0.1) is 17.0 Å². The predicted molar refractivity (Wildman–Crippen MR) is 93.9 cm³/mol. The van der Waals surface area contributed by atoms with Crippen molar-refractivity contribution in [3.05, 3.63) is 57.6 Å². The Bertz CT molecular complexity index is 716. The van der Waals surface area contributed by atoms with Gasteiger partial charge in [-0.2, -0.15) is 0 Å². The summed E-state index contributed by atoms with van der Waals surface area (Å²) in [4.78, 5) is 10.5. The molecule has 0 fully saturated rings. The Hall–Kier alpha value is -2.76. The molecule has 24 heavy (non-hydrogen) atoms. The van der Waals surface area contributed by atoms with Gasteiger partial charge in [-0.3, -0.25) is 10.1 Å². The number of benzene rings is 2. The van der Waals surface area contributed by atoms with E-state index in [1.54, 1.807) is 26.2 Å². The van der Waals surface area contributed by atoms with Crippen LogP contribution < -0.4 is 14.8 Å². The van der Waals surface area contributed by atoms with Gasteiger partial charge in [-0.25, -0.2) is 0 Å². The van der Waals surface area contributed by atoms with E-state index in [4.69, 9.17) is 9.47 Å². The lowest BCUT2D eigenvalue weighted by Crippen LogP contribution is -2.02. The van der Waals surface area contributed by atoms with Crippen LogP contribution in [0.2, 0.25) is 0 Å². The molecule has 0 aliphatic heterocycles. The number of methoxy groups -OCH3 is 1. The van der Waals surface area contributed by atoms with Crippen LogP contribution in [0.3, 0.4) is 0 Å². The Morgan fingerprint density at radius 2 is 1.96 bits per heavy atom. The van der Waals surface area contributed by atoms with Crippen molar-refractivity contribution in [2.75, 3.05) is 19.0 Å². The molecule has 128 valence electrons. The van der Waals surface area contributed by atoms with Crippen molar-refractivity contribution in [2.24, 2.45) is 0 Å². The molecule has 0 saturated carbocycles. The topological polar surface area (TPSA) is 73.6 Å². The van der Waals surface area contributed by atoms with E-state index in [1.165, 1.54) is 6.07 Å². The first-order valence-electron chi connectivity index (χ1n) is 7.83. The summed E-state index contributed by atoms with van der Waals surface area (Å²) in [6.07, 6.45) is 0.936. The largest absolute Gasteiger partial charge is 0.493 e. The summed E-state index contributed by atoms with van der Waals surface area (Å²) in [6.45, 7) is 5.01. The average molecular weight is 330 g/mol. The van der Waals surface area contributed by atoms with Crippen molar-refractivity contribution < 1.29 is 14.4 Å². The first kappa shape index (κ1) is 17.6. The molecule has 0 amide bonds. The number of rotatable bonds is 8. The monoisotopic (exact) mass is 330 g/mol. The fraction of sp³-hybridized carbons (Fsp3) is 0.333. The second-order valence-electron chi connectivity index (χ2n) is 5.45. The standard InChI is InChI=1S/C18H22N2O4/c1-4-9-24-17-8-5-14(11-18(17)23-3)12-19-15-6-7-16(20(21)22)13(2)10-15/h5-8,10-11,19H,4,9,12H2,1-3H3. The molecule has 1 N–H and O–H groups in total. The molecule has 6 nitrogen and oxygen atoms in total. The minimum absolute atomic E-state index is 0.125. The summed E-state index contributed by atoms with van der Waals surface area (Å²) >= 11 is 0. The molecular weight excluding hydrogens is 308 g/mol. The summed E-state index contributed by atoms with van der Waals surface area (Å²) in [5.41, 5.74) is 2.63. The van der Waals surface area contributed by atoms with E-state index in [0.29, 0.717) is 24.5 Å². The number of ether oxygens (including phenoxy) is 2. The number of nitro benzene ring substituents is 1. The van der Waals surface area contributed by atoms with Gasteiger partial charge in [0.15, 0.2) is 11.5 Å². The Morgan fingerprint density at radius 1 is 1.17 bits per heavy atom. The zero-order valence-corrected chi connectivity index (χ0v) is 14.2. The molecular formula is C18H22N2O4. The lowest BCUT2D eigenvalue weighted by molar-refractivity contribution is -0.385. The molecule has 0 unspecified atom stereocenters. The third-order valence-corrected chi connectivity index (χ3v) is 3.58. The highest BCUT2D eigenvalue weighted by atomic mass is 16.6. The molecule has 2 aromatic rings. The lowest BCUT2D eigenvalue weighted by atomic mass is 10.1. The predicted octanol–water partition coefficient (Wildman–Crippen LogP) is 4.31. The molecule has 0 saturated heterocycles. The summed E-state index contributed by atoms with van der Waals surface area (Å²) in [6, 6.07) is 10.8. The van der Waals surface area contributed by atoms with Gasteiger partial charge in [0.25, 0.3) is 5.69 Å².